The van der Waals surface area contributed by atoms with Gasteiger partial charge in [-0.2, -0.15) is 27.4 Å². The number of hydrogen-bond acceptors (Lipinski definition) is 1. The SMILES string of the molecule is CC(C)(C#N)C(CC[Si](Cl)(c1ccccc1)c1ccccc1)[Si](Cl)(c1ccccc1)c1ccccc1. The van der Waals surface area contributed by atoms with E-state index in [1.807, 2.05) is 62.4 Å². The molecule has 0 N–H and O–H groups in total. The summed E-state index contributed by atoms with van der Waals surface area (Å²) in [6, 6.07) is 45.1. The second-order valence-corrected chi connectivity index (χ2v) is 20.2. The third kappa shape index (κ3) is 5.24. The molecule has 1 atom stereocenters. The van der Waals surface area contributed by atoms with Gasteiger partial charge in [-0.25, -0.2) is 0 Å². The van der Waals surface area contributed by atoms with Crippen LogP contribution >= 0.6 is 22.2 Å². The second kappa shape index (κ2) is 11.2. The van der Waals surface area contributed by atoms with Crippen molar-refractivity contribution in [3.63, 3.8) is 0 Å². The summed E-state index contributed by atoms with van der Waals surface area (Å²) < 4.78 is 0. The monoisotopic (exact) mass is 543 g/mol. The Hall–Kier alpha value is -2.62. The highest BCUT2D eigenvalue weighted by atomic mass is 35.6. The van der Waals surface area contributed by atoms with Crippen molar-refractivity contribution in [1.82, 2.24) is 0 Å². The van der Waals surface area contributed by atoms with Crippen molar-refractivity contribution in [3.05, 3.63) is 121 Å². The smallest absolute Gasteiger partial charge is 0.198 e. The molecule has 0 aliphatic heterocycles. The van der Waals surface area contributed by atoms with E-state index in [1.165, 1.54) is 10.4 Å². The minimum absolute atomic E-state index is 0.0560. The van der Waals surface area contributed by atoms with E-state index in [9.17, 15) is 5.26 Å². The summed E-state index contributed by atoms with van der Waals surface area (Å²) in [6.45, 7) is 4.08. The molecule has 0 saturated carbocycles. The summed E-state index contributed by atoms with van der Waals surface area (Å²) in [4.78, 5) is 0. The average molecular weight is 545 g/mol. The molecule has 0 saturated heterocycles. The Morgan fingerprint density at radius 2 is 0.972 bits per heavy atom. The van der Waals surface area contributed by atoms with Gasteiger partial charge in [-0.05, 0) is 46.2 Å². The van der Waals surface area contributed by atoms with Gasteiger partial charge in [0.2, 0.25) is 14.8 Å². The first-order valence-corrected chi connectivity index (χ1v) is 18.6. The number of rotatable bonds is 9. The molecule has 4 rings (SSSR count). The first-order valence-electron chi connectivity index (χ1n) is 12.3. The molecule has 1 unspecified atom stereocenters. The molecule has 0 spiro atoms. The molecule has 4 aromatic carbocycles. The van der Waals surface area contributed by atoms with Crippen molar-refractivity contribution in [3.8, 4) is 6.07 Å². The Balaban J connectivity index is 1.84. The van der Waals surface area contributed by atoms with Crippen LogP contribution in [-0.2, 0) is 0 Å². The zero-order chi connectivity index (χ0) is 25.7. The first-order chi connectivity index (χ1) is 17.3. The molecule has 0 bridgehead atoms. The van der Waals surface area contributed by atoms with Gasteiger partial charge in [-0.1, -0.05) is 128 Å². The number of halogens is 2. The van der Waals surface area contributed by atoms with E-state index >= 15 is 0 Å². The highest BCUT2D eigenvalue weighted by Crippen LogP contribution is 2.45. The van der Waals surface area contributed by atoms with Crippen molar-refractivity contribution in [2.45, 2.75) is 31.9 Å². The Bertz CT molecular complexity index is 1210. The van der Waals surface area contributed by atoms with Crippen molar-refractivity contribution >= 4 is 57.7 Å². The lowest BCUT2D eigenvalue weighted by atomic mass is 9.89. The first kappa shape index (κ1) is 26.4. The molecular formula is C31H31Cl2NSi2. The van der Waals surface area contributed by atoms with E-state index in [1.54, 1.807) is 0 Å². The molecular weight excluding hydrogens is 513 g/mol. The average Bonchev–Trinajstić information content (AvgIpc) is 2.94. The Kier molecular flexibility index (Phi) is 8.22. The summed E-state index contributed by atoms with van der Waals surface area (Å²) >= 11 is 15.6. The fraction of sp³-hybridized carbons (Fsp3) is 0.194. The molecule has 0 fully saturated rings. The molecule has 5 heteroatoms. The highest BCUT2D eigenvalue weighted by Gasteiger charge is 2.51. The summed E-state index contributed by atoms with van der Waals surface area (Å²) in [5, 5.41) is 15.0. The summed E-state index contributed by atoms with van der Waals surface area (Å²) in [6.07, 6.45) is 0.763. The van der Waals surface area contributed by atoms with Gasteiger partial charge in [0.05, 0.1) is 11.5 Å². The van der Waals surface area contributed by atoms with Crippen molar-refractivity contribution in [2.75, 3.05) is 0 Å². The van der Waals surface area contributed by atoms with Crippen LogP contribution in [0, 0.1) is 16.7 Å². The van der Waals surface area contributed by atoms with Gasteiger partial charge in [0, 0.05) is 0 Å². The molecule has 0 aromatic heterocycles. The molecule has 0 heterocycles. The molecule has 0 aliphatic rings. The Labute approximate surface area is 226 Å². The topological polar surface area (TPSA) is 23.8 Å². The van der Waals surface area contributed by atoms with Crippen LogP contribution in [0.1, 0.15) is 20.3 Å². The van der Waals surface area contributed by atoms with Crippen LogP contribution in [0.3, 0.4) is 0 Å². The van der Waals surface area contributed by atoms with Gasteiger partial charge >= 0.3 is 0 Å². The van der Waals surface area contributed by atoms with E-state index in [2.05, 4.69) is 78.9 Å². The Morgan fingerprint density at radius 3 is 1.31 bits per heavy atom. The molecule has 0 amide bonds. The molecule has 4 aromatic rings. The maximum Gasteiger partial charge on any atom is 0.221 e. The minimum atomic E-state index is -2.88. The molecule has 0 aliphatic carbocycles. The van der Waals surface area contributed by atoms with Crippen LogP contribution in [-0.4, -0.2) is 14.8 Å². The van der Waals surface area contributed by atoms with Crippen LogP contribution in [0.4, 0.5) is 0 Å². The van der Waals surface area contributed by atoms with Gasteiger partial charge < -0.3 is 0 Å². The van der Waals surface area contributed by atoms with Crippen LogP contribution in [0.15, 0.2) is 121 Å². The van der Waals surface area contributed by atoms with Gasteiger partial charge in [0.1, 0.15) is 0 Å². The van der Waals surface area contributed by atoms with Gasteiger partial charge in [-0.15, -0.1) is 0 Å². The number of nitriles is 1. The zero-order valence-corrected chi connectivity index (χ0v) is 24.3. The van der Waals surface area contributed by atoms with Crippen molar-refractivity contribution in [2.24, 2.45) is 5.41 Å². The summed E-state index contributed by atoms with van der Waals surface area (Å²) in [5.74, 6) is 0. The lowest BCUT2D eigenvalue weighted by molar-refractivity contribution is 0.438. The fourth-order valence-corrected chi connectivity index (χ4v) is 15.7. The standard InChI is InChI=1S/C31H31Cl2NSi2/c1-31(2,25-34)30(36(33,28-19-11-5-12-20-28)29-21-13-6-14-22-29)23-24-35(32,26-15-7-3-8-16-26)27-17-9-4-10-18-27/h3-22,30H,23-24H2,1-2H3. The van der Waals surface area contributed by atoms with E-state index in [0.717, 1.165) is 22.8 Å². The van der Waals surface area contributed by atoms with Crippen LogP contribution in [0.25, 0.3) is 0 Å². The third-order valence-electron chi connectivity index (χ3n) is 7.27. The Morgan fingerprint density at radius 1 is 0.639 bits per heavy atom. The van der Waals surface area contributed by atoms with E-state index in [4.69, 9.17) is 22.2 Å². The van der Waals surface area contributed by atoms with Crippen LogP contribution in [0.5, 0.6) is 0 Å². The van der Waals surface area contributed by atoms with Crippen molar-refractivity contribution < 1.29 is 0 Å². The van der Waals surface area contributed by atoms with E-state index < -0.39 is 20.2 Å². The predicted molar refractivity (Wildman–Crippen MR) is 160 cm³/mol. The maximum absolute atomic E-state index is 10.4. The summed E-state index contributed by atoms with van der Waals surface area (Å²) in [7, 11) is -5.49. The largest absolute Gasteiger partial charge is 0.221 e. The lowest BCUT2D eigenvalue weighted by Crippen LogP contribution is -2.61. The maximum atomic E-state index is 10.4. The number of hydrogen-bond donors (Lipinski definition) is 0. The molecule has 0 radical (unpaired) electrons. The van der Waals surface area contributed by atoms with Crippen LogP contribution < -0.4 is 20.7 Å². The third-order valence-corrected chi connectivity index (χ3v) is 19.0. The predicted octanol–water partition coefficient (Wildman–Crippen LogP) is 6.29. The van der Waals surface area contributed by atoms with Gasteiger partial charge in [0.25, 0.3) is 0 Å². The van der Waals surface area contributed by atoms with Gasteiger partial charge in [-0.3, -0.25) is 0 Å². The lowest BCUT2D eigenvalue weighted by Gasteiger charge is -2.42. The summed E-state index contributed by atoms with van der Waals surface area (Å²) in [5.41, 5.74) is -0.696. The quantitative estimate of drug-likeness (QED) is 0.179. The fourth-order valence-electron chi connectivity index (χ4n) is 5.27. The molecule has 1 nitrogen and oxygen atoms in total. The van der Waals surface area contributed by atoms with Gasteiger partial charge in [0.15, 0.2) is 0 Å². The highest BCUT2D eigenvalue weighted by molar-refractivity contribution is 7.35. The number of nitrogens with zero attached hydrogens (tertiary/aromatic N) is 1. The molecule has 36 heavy (non-hydrogen) atoms. The van der Waals surface area contributed by atoms with Crippen LogP contribution in [0.2, 0.25) is 11.6 Å². The zero-order valence-electron chi connectivity index (χ0n) is 20.7. The minimum Gasteiger partial charge on any atom is -0.198 e. The second-order valence-electron chi connectivity index (χ2n) is 9.90. The normalized spacial score (nSPS) is 13.1. The number of benzene rings is 4. The van der Waals surface area contributed by atoms with E-state index in [0.29, 0.717) is 0 Å². The van der Waals surface area contributed by atoms with Crippen molar-refractivity contribution in [1.29, 1.82) is 5.26 Å². The molecule has 182 valence electrons. The van der Waals surface area contributed by atoms with E-state index in [-0.39, 0.29) is 5.54 Å².